The van der Waals surface area contributed by atoms with E-state index in [1.165, 1.54) is 0 Å². The Kier molecular flexibility index (Phi) is 4.46. The van der Waals surface area contributed by atoms with Gasteiger partial charge in [-0.15, -0.1) is 11.3 Å². The Morgan fingerprint density at radius 3 is 2.92 bits per heavy atom. The average Bonchev–Trinajstić information content (AvgIpc) is 2.87. The maximum absolute atomic E-state index is 12.3. The summed E-state index contributed by atoms with van der Waals surface area (Å²) in [5.41, 5.74) is 1.91. The van der Waals surface area contributed by atoms with Gasteiger partial charge in [-0.2, -0.15) is 0 Å². The zero-order valence-corrected chi connectivity index (χ0v) is 15.6. The first-order valence-electron chi connectivity index (χ1n) is 8.74. The number of hydrogen-bond acceptors (Lipinski definition) is 7. The van der Waals surface area contributed by atoms with Crippen LogP contribution in [0, 0.1) is 13.8 Å². The predicted molar refractivity (Wildman–Crippen MR) is 102 cm³/mol. The summed E-state index contributed by atoms with van der Waals surface area (Å²) in [7, 11) is 0. The number of aromatic amines is 1. The highest BCUT2D eigenvalue weighted by Crippen LogP contribution is 2.35. The van der Waals surface area contributed by atoms with Gasteiger partial charge in [0, 0.05) is 35.5 Å². The second-order valence-corrected chi connectivity index (χ2v) is 8.01. The van der Waals surface area contributed by atoms with Gasteiger partial charge in [-0.25, -0.2) is 15.0 Å². The van der Waals surface area contributed by atoms with Crippen molar-refractivity contribution in [2.24, 2.45) is 0 Å². The molecule has 0 saturated heterocycles. The van der Waals surface area contributed by atoms with Crippen LogP contribution in [0.1, 0.15) is 40.7 Å². The van der Waals surface area contributed by atoms with Crippen LogP contribution in [0.3, 0.4) is 0 Å². The first-order chi connectivity index (χ1) is 12.5. The summed E-state index contributed by atoms with van der Waals surface area (Å²) in [6, 6.07) is 1.93. The minimum Gasteiger partial charge on any atom is -0.393 e. The van der Waals surface area contributed by atoms with E-state index >= 15 is 0 Å². The molecule has 0 radical (unpaired) electrons. The SMILES string of the molecule is Cc1sc2nc(CCNc3cc(C4CC(O)C4)ncn3)[nH]c(=O)c2c1C. The van der Waals surface area contributed by atoms with Gasteiger partial charge >= 0.3 is 0 Å². The Morgan fingerprint density at radius 2 is 2.15 bits per heavy atom. The molecular weight excluding hydrogens is 350 g/mol. The third kappa shape index (κ3) is 3.22. The van der Waals surface area contributed by atoms with Crippen molar-refractivity contribution in [3.63, 3.8) is 0 Å². The van der Waals surface area contributed by atoms with Crippen LogP contribution in [0.15, 0.2) is 17.2 Å². The van der Waals surface area contributed by atoms with Gasteiger partial charge in [0.1, 0.15) is 22.8 Å². The quantitative estimate of drug-likeness (QED) is 0.636. The molecule has 0 atom stereocenters. The maximum atomic E-state index is 12.3. The molecule has 4 rings (SSSR count). The van der Waals surface area contributed by atoms with Crippen LogP contribution in [0.5, 0.6) is 0 Å². The Morgan fingerprint density at radius 1 is 1.35 bits per heavy atom. The maximum Gasteiger partial charge on any atom is 0.259 e. The number of aryl methyl sites for hydroxylation is 2. The van der Waals surface area contributed by atoms with E-state index in [4.69, 9.17) is 0 Å². The molecule has 1 saturated carbocycles. The van der Waals surface area contributed by atoms with E-state index in [0.29, 0.717) is 30.1 Å². The summed E-state index contributed by atoms with van der Waals surface area (Å²) in [4.78, 5) is 30.2. The van der Waals surface area contributed by atoms with Crippen molar-refractivity contribution in [1.82, 2.24) is 19.9 Å². The van der Waals surface area contributed by atoms with Gasteiger partial charge in [0.05, 0.1) is 11.5 Å². The number of fused-ring (bicyclic) bond motifs is 1. The molecular formula is C18H21N5O2S. The summed E-state index contributed by atoms with van der Waals surface area (Å²) in [5, 5.41) is 13.4. The van der Waals surface area contributed by atoms with Gasteiger partial charge < -0.3 is 15.4 Å². The number of thiophene rings is 1. The van der Waals surface area contributed by atoms with Crippen LogP contribution >= 0.6 is 11.3 Å². The fraction of sp³-hybridized carbons (Fsp3) is 0.444. The van der Waals surface area contributed by atoms with E-state index in [9.17, 15) is 9.90 Å². The lowest BCUT2D eigenvalue weighted by Crippen LogP contribution is -2.27. The van der Waals surface area contributed by atoms with Gasteiger partial charge in [-0.3, -0.25) is 4.79 Å². The second kappa shape index (κ2) is 6.77. The van der Waals surface area contributed by atoms with Gasteiger partial charge in [-0.1, -0.05) is 0 Å². The van der Waals surface area contributed by atoms with Crippen LogP contribution in [-0.4, -0.2) is 37.7 Å². The lowest BCUT2D eigenvalue weighted by molar-refractivity contribution is 0.0732. The van der Waals surface area contributed by atoms with Crippen LogP contribution in [0.2, 0.25) is 0 Å². The van der Waals surface area contributed by atoms with Crippen LogP contribution in [0.25, 0.3) is 10.2 Å². The fourth-order valence-corrected chi connectivity index (χ4v) is 4.30. The fourth-order valence-electron chi connectivity index (χ4n) is 3.25. The zero-order valence-electron chi connectivity index (χ0n) is 14.7. The molecule has 0 aromatic carbocycles. The largest absolute Gasteiger partial charge is 0.393 e. The topological polar surface area (TPSA) is 104 Å². The van der Waals surface area contributed by atoms with Crippen molar-refractivity contribution in [2.75, 3.05) is 11.9 Å². The second-order valence-electron chi connectivity index (χ2n) is 6.80. The molecule has 1 fully saturated rings. The molecule has 0 aliphatic heterocycles. The number of H-pyrrole nitrogens is 1. The Balaban J connectivity index is 1.43. The molecule has 136 valence electrons. The molecule has 3 aromatic heterocycles. The van der Waals surface area contributed by atoms with E-state index in [-0.39, 0.29) is 11.7 Å². The predicted octanol–water partition coefficient (Wildman–Crippen LogP) is 2.28. The molecule has 0 spiro atoms. The number of aliphatic hydroxyl groups excluding tert-OH is 1. The Hall–Kier alpha value is -2.32. The highest BCUT2D eigenvalue weighted by molar-refractivity contribution is 7.18. The first-order valence-corrected chi connectivity index (χ1v) is 9.55. The van der Waals surface area contributed by atoms with E-state index in [0.717, 1.165) is 39.6 Å². The van der Waals surface area contributed by atoms with Crippen molar-refractivity contribution >= 4 is 27.4 Å². The van der Waals surface area contributed by atoms with Gasteiger partial charge in [0.15, 0.2) is 0 Å². The van der Waals surface area contributed by atoms with E-state index in [1.54, 1.807) is 17.7 Å². The van der Waals surface area contributed by atoms with E-state index in [2.05, 4.69) is 25.3 Å². The van der Waals surface area contributed by atoms with E-state index < -0.39 is 0 Å². The molecule has 8 heteroatoms. The Bertz CT molecular complexity index is 1010. The number of aromatic nitrogens is 4. The van der Waals surface area contributed by atoms with Crippen molar-refractivity contribution in [3.05, 3.63) is 44.7 Å². The number of anilines is 1. The molecule has 1 aliphatic rings. The number of hydrogen-bond donors (Lipinski definition) is 3. The van der Waals surface area contributed by atoms with E-state index in [1.807, 2.05) is 19.9 Å². The average molecular weight is 371 g/mol. The third-order valence-corrected chi connectivity index (χ3v) is 6.08. The number of rotatable bonds is 5. The normalized spacial score (nSPS) is 19.5. The standard InChI is InChI=1S/C18H21N5O2S/c1-9-10(2)26-18-16(9)17(25)22-14(23-18)3-4-19-15-7-13(20-8-21-15)11-5-12(24)6-11/h7-8,11-12,24H,3-6H2,1-2H3,(H,19,20,21)(H,22,23,25). The molecule has 3 N–H and O–H groups in total. The highest BCUT2D eigenvalue weighted by Gasteiger charge is 2.29. The number of nitrogens with one attached hydrogen (secondary N) is 2. The third-order valence-electron chi connectivity index (χ3n) is 4.98. The number of nitrogens with zero attached hydrogens (tertiary/aromatic N) is 3. The molecule has 3 heterocycles. The molecule has 0 amide bonds. The highest BCUT2D eigenvalue weighted by atomic mass is 32.1. The summed E-state index contributed by atoms with van der Waals surface area (Å²) < 4.78 is 0. The summed E-state index contributed by atoms with van der Waals surface area (Å²) in [6.45, 7) is 4.58. The minimum atomic E-state index is -0.200. The number of aliphatic hydroxyl groups is 1. The van der Waals surface area contributed by atoms with Crippen molar-refractivity contribution < 1.29 is 5.11 Å². The molecule has 0 unspecified atom stereocenters. The molecule has 26 heavy (non-hydrogen) atoms. The van der Waals surface area contributed by atoms with Crippen molar-refractivity contribution in [1.29, 1.82) is 0 Å². The Labute approximate surface area is 154 Å². The van der Waals surface area contributed by atoms with Crippen molar-refractivity contribution in [3.8, 4) is 0 Å². The lowest BCUT2D eigenvalue weighted by Gasteiger charge is -2.30. The summed E-state index contributed by atoms with van der Waals surface area (Å²) in [6.07, 6.45) is 3.48. The summed E-state index contributed by atoms with van der Waals surface area (Å²) in [5.74, 6) is 1.74. The lowest BCUT2D eigenvalue weighted by atomic mass is 9.80. The smallest absolute Gasteiger partial charge is 0.259 e. The van der Waals surface area contributed by atoms with Gasteiger partial charge in [-0.05, 0) is 32.3 Å². The minimum absolute atomic E-state index is 0.0697. The zero-order chi connectivity index (χ0) is 18.3. The van der Waals surface area contributed by atoms with Crippen molar-refractivity contribution in [2.45, 2.75) is 45.1 Å². The molecule has 3 aromatic rings. The van der Waals surface area contributed by atoms with Crippen LogP contribution < -0.4 is 10.9 Å². The van der Waals surface area contributed by atoms with Gasteiger partial charge in [0.25, 0.3) is 5.56 Å². The van der Waals surface area contributed by atoms with Crippen LogP contribution in [-0.2, 0) is 6.42 Å². The van der Waals surface area contributed by atoms with Gasteiger partial charge in [0.2, 0.25) is 0 Å². The summed E-state index contributed by atoms with van der Waals surface area (Å²) >= 11 is 1.56. The first kappa shape index (κ1) is 17.1. The molecule has 1 aliphatic carbocycles. The molecule has 7 nitrogen and oxygen atoms in total. The van der Waals surface area contributed by atoms with Crippen LogP contribution in [0.4, 0.5) is 5.82 Å². The monoisotopic (exact) mass is 371 g/mol. The molecule has 0 bridgehead atoms.